The van der Waals surface area contributed by atoms with E-state index in [0.717, 1.165) is 24.6 Å². The van der Waals surface area contributed by atoms with Crippen LogP contribution in [0.25, 0.3) is 0 Å². The molecule has 3 rings (SSSR count). The van der Waals surface area contributed by atoms with E-state index in [2.05, 4.69) is 22.4 Å². The maximum atomic E-state index is 13.2. The number of carboxylic acids is 1. The molecule has 1 heterocycles. The van der Waals surface area contributed by atoms with Gasteiger partial charge in [-0.2, -0.15) is 0 Å². The molecule has 2 aromatic rings. The lowest BCUT2D eigenvalue weighted by Gasteiger charge is -2.21. The fraction of sp³-hybridized carbons (Fsp3) is 0.368. The third kappa shape index (κ3) is 3.97. The summed E-state index contributed by atoms with van der Waals surface area (Å²) in [5.74, 6) is -1.39. The highest BCUT2D eigenvalue weighted by Crippen LogP contribution is 2.24. The van der Waals surface area contributed by atoms with Gasteiger partial charge in [-0.1, -0.05) is 18.2 Å². The quantitative estimate of drug-likeness (QED) is 0.856. The summed E-state index contributed by atoms with van der Waals surface area (Å²) in [5.41, 5.74) is 4.47. The number of aliphatic carboxylic acids is 1. The molecule has 1 aromatic heterocycles. The zero-order valence-corrected chi connectivity index (χ0v) is 13.5. The van der Waals surface area contributed by atoms with E-state index in [0.29, 0.717) is 12.1 Å². The van der Waals surface area contributed by atoms with Crippen LogP contribution < -0.4 is 5.32 Å². The third-order valence-electron chi connectivity index (χ3n) is 4.53. The number of hydrogen-bond acceptors (Lipinski definition) is 3. The molecule has 0 saturated carbocycles. The van der Waals surface area contributed by atoms with Crippen molar-refractivity contribution in [3.63, 3.8) is 0 Å². The number of rotatable bonds is 6. The van der Waals surface area contributed by atoms with E-state index in [1.807, 2.05) is 6.07 Å². The Balaban J connectivity index is 1.70. The summed E-state index contributed by atoms with van der Waals surface area (Å²) in [5, 5.41) is 12.5. The number of aromatic nitrogens is 1. The van der Waals surface area contributed by atoms with Crippen LogP contribution in [-0.4, -0.2) is 22.1 Å². The predicted molar refractivity (Wildman–Crippen MR) is 89.2 cm³/mol. The van der Waals surface area contributed by atoms with Crippen LogP contribution in [0.3, 0.4) is 0 Å². The Morgan fingerprint density at radius 1 is 1.29 bits per heavy atom. The normalized spacial score (nSPS) is 14.9. The molecule has 1 unspecified atom stereocenters. The Hall–Kier alpha value is -2.27. The number of carbonyl (C=O) groups is 1. The minimum Gasteiger partial charge on any atom is -0.480 e. The first-order valence-corrected chi connectivity index (χ1v) is 8.29. The molecule has 1 aliphatic rings. The Morgan fingerprint density at radius 3 is 2.92 bits per heavy atom. The highest BCUT2D eigenvalue weighted by atomic mass is 19.1. The Labute approximate surface area is 140 Å². The first kappa shape index (κ1) is 16.6. The van der Waals surface area contributed by atoms with Crippen molar-refractivity contribution in [3.05, 3.63) is 64.7 Å². The fourth-order valence-electron chi connectivity index (χ4n) is 3.31. The van der Waals surface area contributed by atoms with Crippen LogP contribution in [0.4, 0.5) is 4.39 Å². The van der Waals surface area contributed by atoms with Gasteiger partial charge in [0, 0.05) is 19.2 Å². The molecule has 1 aliphatic carbocycles. The molecule has 0 radical (unpaired) electrons. The van der Waals surface area contributed by atoms with Gasteiger partial charge in [0.25, 0.3) is 0 Å². The molecule has 0 saturated heterocycles. The van der Waals surface area contributed by atoms with Gasteiger partial charge < -0.3 is 10.4 Å². The molecule has 0 bridgehead atoms. The zero-order valence-electron chi connectivity index (χ0n) is 13.5. The fourth-order valence-corrected chi connectivity index (χ4v) is 3.31. The van der Waals surface area contributed by atoms with E-state index in [1.165, 1.54) is 36.2 Å². The van der Waals surface area contributed by atoms with Crippen LogP contribution in [0.15, 0.2) is 36.7 Å². The van der Waals surface area contributed by atoms with Crippen LogP contribution in [0.1, 0.15) is 35.1 Å². The molecule has 0 amide bonds. The van der Waals surface area contributed by atoms with Crippen LogP contribution >= 0.6 is 0 Å². The number of halogens is 1. The van der Waals surface area contributed by atoms with E-state index in [1.54, 1.807) is 0 Å². The molecule has 1 atom stereocenters. The number of aryl methyl sites for hydroxylation is 1. The van der Waals surface area contributed by atoms with Crippen molar-refractivity contribution in [3.8, 4) is 0 Å². The van der Waals surface area contributed by atoms with Crippen molar-refractivity contribution < 1.29 is 14.3 Å². The second-order valence-corrected chi connectivity index (χ2v) is 6.25. The summed E-state index contributed by atoms with van der Waals surface area (Å²) in [6, 6.07) is 6.81. The van der Waals surface area contributed by atoms with Gasteiger partial charge in [-0.15, -0.1) is 0 Å². The highest BCUT2D eigenvalue weighted by molar-refractivity contribution is 5.73. The number of pyridine rings is 1. The van der Waals surface area contributed by atoms with Crippen molar-refractivity contribution in [1.29, 1.82) is 0 Å². The molecule has 0 spiro atoms. The van der Waals surface area contributed by atoms with Crippen LogP contribution in [0.5, 0.6) is 0 Å². The van der Waals surface area contributed by atoms with Crippen LogP contribution in [0, 0.1) is 5.82 Å². The van der Waals surface area contributed by atoms with Gasteiger partial charge in [0.15, 0.2) is 0 Å². The number of hydrogen-bond donors (Lipinski definition) is 2. The Kier molecular flexibility index (Phi) is 5.20. The minimum atomic E-state index is -0.941. The molecular weight excluding hydrogens is 307 g/mol. The number of carboxylic acid groups (broad SMARTS) is 1. The summed E-state index contributed by atoms with van der Waals surface area (Å²) in [4.78, 5) is 15.3. The number of fused-ring (bicyclic) bond motifs is 1. The number of nitrogens with zero attached hydrogens (tertiary/aromatic N) is 1. The monoisotopic (exact) mass is 328 g/mol. The second kappa shape index (κ2) is 7.53. The molecule has 1 aromatic carbocycles. The van der Waals surface area contributed by atoms with Gasteiger partial charge in [0.05, 0.1) is 6.20 Å². The SMILES string of the molecule is O=C(O)C(Cc1cncc(F)c1)NCc1cccc2c1CCCC2. The topological polar surface area (TPSA) is 62.2 Å². The van der Waals surface area contributed by atoms with Crippen molar-refractivity contribution in [2.75, 3.05) is 0 Å². The molecule has 4 nitrogen and oxygen atoms in total. The van der Waals surface area contributed by atoms with Gasteiger partial charge >= 0.3 is 5.97 Å². The molecule has 0 fully saturated rings. The van der Waals surface area contributed by atoms with Crippen LogP contribution in [-0.2, 0) is 30.6 Å². The highest BCUT2D eigenvalue weighted by Gasteiger charge is 2.19. The summed E-state index contributed by atoms with van der Waals surface area (Å²) in [6.45, 7) is 0.503. The second-order valence-electron chi connectivity index (χ2n) is 6.25. The van der Waals surface area contributed by atoms with Crippen molar-refractivity contribution in [1.82, 2.24) is 10.3 Å². The van der Waals surface area contributed by atoms with E-state index < -0.39 is 17.8 Å². The summed E-state index contributed by atoms with van der Waals surface area (Å²) in [6.07, 6.45) is 7.37. The first-order chi connectivity index (χ1) is 11.6. The summed E-state index contributed by atoms with van der Waals surface area (Å²) in [7, 11) is 0. The zero-order chi connectivity index (χ0) is 16.9. The van der Waals surface area contributed by atoms with Crippen molar-refractivity contribution in [2.45, 2.75) is 44.7 Å². The molecule has 0 aliphatic heterocycles. The van der Waals surface area contributed by atoms with Gasteiger partial charge in [-0.25, -0.2) is 4.39 Å². The van der Waals surface area contributed by atoms with Crippen molar-refractivity contribution in [2.24, 2.45) is 0 Å². The van der Waals surface area contributed by atoms with E-state index in [4.69, 9.17) is 0 Å². The average Bonchev–Trinajstić information content (AvgIpc) is 2.58. The maximum absolute atomic E-state index is 13.2. The van der Waals surface area contributed by atoms with Crippen molar-refractivity contribution >= 4 is 5.97 Å². The predicted octanol–water partition coefficient (Wildman–Crippen LogP) is 2.89. The lowest BCUT2D eigenvalue weighted by atomic mass is 9.88. The summed E-state index contributed by atoms with van der Waals surface area (Å²) >= 11 is 0. The van der Waals surface area contributed by atoms with Crippen LogP contribution in [0.2, 0.25) is 0 Å². The maximum Gasteiger partial charge on any atom is 0.321 e. The molecule has 5 heteroatoms. The standard InChI is InChI=1S/C19H21FN2O2/c20-16-8-13(10-21-12-16)9-18(19(23)24)22-11-15-6-3-5-14-4-1-2-7-17(14)15/h3,5-6,8,10,12,18,22H,1-2,4,7,9,11H2,(H,23,24). The largest absolute Gasteiger partial charge is 0.480 e. The van der Waals surface area contributed by atoms with E-state index >= 15 is 0 Å². The Bertz CT molecular complexity index is 733. The average molecular weight is 328 g/mol. The molecule has 2 N–H and O–H groups in total. The van der Waals surface area contributed by atoms with Gasteiger partial charge in [-0.05, 0) is 54.0 Å². The van der Waals surface area contributed by atoms with E-state index in [-0.39, 0.29) is 6.42 Å². The molecular formula is C19H21FN2O2. The molecule has 126 valence electrons. The first-order valence-electron chi connectivity index (χ1n) is 8.29. The summed E-state index contributed by atoms with van der Waals surface area (Å²) < 4.78 is 13.2. The molecule has 24 heavy (non-hydrogen) atoms. The minimum absolute atomic E-state index is 0.203. The Morgan fingerprint density at radius 2 is 2.12 bits per heavy atom. The van der Waals surface area contributed by atoms with Gasteiger partial charge in [0.1, 0.15) is 11.9 Å². The smallest absolute Gasteiger partial charge is 0.321 e. The number of nitrogens with one attached hydrogen (secondary N) is 1. The lowest BCUT2D eigenvalue weighted by Crippen LogP contribution is -2.38. The lowest BCUT2D eigenvalue weighted by molar-refractivity contribution is -0.139. The van der Waals surface area contributed by atoms with Gasteiger partial charge in [-0.3, -0.25) is 9.78 Å². The van der Waals surface area contributed by atoms with Gasteiger partial charge in [0.2, 0.25) is 0 Å². The number of benzene rings is 1. The van der Waals surface area contributed by atoms with E-state index in [9.17, 15) is 14.3 Å². The third-order valence-corrected chi connectivity index (χ3v) is 4.53.